The summed E-state index contributed by atoms with van der Waals surface area (Å²) >= 11 is 0. The number of carbonyl (C=O) groups is 2. The number of carbonyl (C=O) groups excluding carboxylic acids is 2. The lowest BCUT2D eigenvalue weighted by Gasteiger charge is -2.46. The van der Waals surface area contributed by atoms with Crippen LogP contribution in [0.3, 0.4) is 0 Å². The molecule has 0 saturated carbocycles. The van der Waals surface area contributed by atoms with Gasteiger partial charge in [-0.15, -0.1) is 0 Å². The average molecular weight is 298 g/mol. The minimum Gasteiger partial charge on any atom is -0.379 e. The summed E-state index contributed by atoms with van der Waals surface area (Å²) in [7, 11) is 1.67. The van der Waals surface area contributed by atoms with Gasteiger partial charge in [0.15, 0.2) is 0 Å². The molecule has 21 heavy (non-hydrogen) atoms. The SMILES string of the molecule is CCCC1NC(=O)C(C)(CC)N(CCC(C)(C)OC)C1=O. The van der Waals surface area contributed by atoms with Crippen LogP contribution in [0.1, 0.15) is 60.3 Å². The van der Waals surface area contributed by atoms with Crippen LogP contribution in [-0.4, -0.2) is 47.6 Å². The highest BCUT2D eigenvalue weighted by molar-refractivity contribution is 5.99. The lowest BCUT2D eigenvalue weighted by atomic mass is 9.88. The molecule has 1 N–H and O–H groups in total. The molecule has 0 aliphatic carbocycles. The van der Waals surface area contributed by atoms with E-state index in [1.165, 1.54) is 0 Å². The Morgan fingerprint density at radius 1 is 1.33 bits per heavy atom. The zero-order valence-corrected chi connectivity index (χ0v) is 14.3. The van der Waals surface area contributed by atoms with Crippen LogP contribution in [0.25, 0.3) is 0 Å². The summed E-state index contributed by atoms with van der Waals surface area (Å²) < 4.78 is 5.43. The van der Waals surface area contributed by atoms with E-state index in [0.717, 1.165) is 6.42 Å². The largest absolute Gasteiger partial charge is 0.379 e. The number of piperazine rings is 1. The summed E-state index contributed by atoms with van der Waals surface area (Å²) in [4.78, 5) is 26.9. The van der Waals surface area contributed by atoms with Crippen LogP contribution in [0.5, 0.6) is 0 Å². The van der Waals surface area contributed by atoms with E-state index in [0.29, 0.717) is 25.8 Å². The average Bonchev–Trinajstić information content (AvgIpc) is 2.44. The summed E-state index contributed by atoms with van der Waals surface area (Å²) in [5.74, 6) is -0.00836. The minimum atomic E-state index is -0.759. The Kier molecular flexibility index (Phi) is 5.79. The van der Waals surface area contributed by atoms with Crippen molar-refractivity contribution >= 4 is 11.8 Å². The lowest BCUT2D eigenvalue weighted by Crippen LogP contribution is -2.69. The van der Waals surface area contributed by atoms with Gasteiger partial charge in [0.05, 0.1) is 5.60 Å². The molecule has 122 valence electrons. The number of hydrogen-bond donors (Lipinski definition) is 1. The molecule has 2 unspecified atom stereocenters. The van der Waals surface area contributed by atoms with E-state index in [2.05, 4.69) is 5.32 Å². The van der Waals surface area contributed by atoms with Gasteiger partial charge in [-0.25, -0.2) is 0 Å². The van der Waals surface area contributed by atoms with Crippen molar-refractivity contribution in [1.82, 2.24) is 10.2 Å². The van der Waals surface area contributed by atoms with Crippen LogP contribution in [-0.2, 0) is 14.3 Å². The first-order chi connectivity index (χ1) is 9.71. The van der Waals surface area contributed by atoms with Crippen molar-refractivity contribution in [2.75, 3.05) is 13.7 Å². The smallest absolute Gasteiger partial charge is 0.246 e. The molecule has 0 radical (unpaired) electrons. The summed E-state index contributed by atoms with van der Waals surface area (Å²) in [6.07, 6.45) is 2.87. The highest BCUT2D eigenvalue weighted by atomic mass is 16.5. The highest BCUT2D eigenvalue weighted by Crippen LogP contribution is 2.28. The van der Waals surface area contributed by atoms with Crippen LogP contribution in [0, 0.1) is 0 Å². The quantitative estimate of drug-likeness (QED) is 0.783. The molecule has 0 spiro atoms. The number of rotatable bonds is 7. The van der Waals surface area contributed by atoms with Gasteiger partial charge in [0.1, 0.15) is 11.6 Å². The number of nitrogens with one attached hydrogen (secondary N) is 1. The van der Waals surface area contributed by atoms with Gasteiger partial charge in [-0.05, 0) is 40.0 Å². The van der Waals surface area contributed by atoms with Crippen molar-refractivity contribution in [3.8, 4) is 0 Å². The predicted molar refractivity (Wildman–Crippen MR) is 83.0 cm³/mol. The third-order valence-electron chi connectivity index (χ3n) is 4.71. The third kappa shape index (κ3) is 3.76. The van der Waals surface area contributed by atoms with Gasteiger partial charge in [0, 0.05) is 13.7 Å². The standard InChI is InChI=1S/C16H30N2O3/c1-7-9-12-13(19)18(11-10-15(3,4)21-6)16(5,8-2)14(20)17-12/h12H,7-11H2,1-6H3,(H,17,20). The van der Waals surface area contributed by atoms with Crippen LogP contribution >= 0.6 is 0 Å². The Hall–Kier alpha value is -1.10. The van der Waals surface area contributed by atoms with E-state index in [1.54, 1.807) is 12.0 Å². The first-order valence-electron chi connectivity index (χ1n) is 7.89. The van der Waals surface area contributed by atoms with Crippen LogP contribution in [0.2, 0.25) is 0 Å². The number of ether oxygens (including phenoxy) is 1. The Morgan fingerprint density at radius 2 is 1.95 bits per heavy atom. The van der Waals surface area contributed by atoms with Gasteiger partial charge in [-0.2, -0.15) is 0 Å². The fraction of sp³-hybridized carbons (Fsp3) is 0.875. The number of methoxy groups -OCH3 is 1. The molecule has 0 bridgehead atoms. The Labute approximate surface area is 128 Å². The molecule has 2 amide bonds. The summed E-state index contributed by atoms with van der Waals surface area (Å²) in [5, 5.41) is 2.89. The molecule has 1 saturated heterocycles. The van der Waals surface area contributed by atoms with Gasteiger partial charge in [-0.1, -0.05) is 20.3 Å². The summed E-state index contributed by atoms with van der Waals surface area (Å²) in [6, 6.07) is -0.382. The zero-order valence-electron chi connectivity index (χ0n) is 14.3. The normalized spacial score (nSPS) is 27.0. The predicted octanol–water partition coefficient (Wildman–Crippen LogP) is 2.10. The molecule has 1 aliphatic rings. The van der Waals surface area contributed by atoms with E-state index in [9.17, 15) is 9.59 Å². The molecule has 0 aromatic carbocycles. The second-order valence-corrected chi connectivity index (χ2v) is 6.65. The van der Waals surface area contributed by atoms with Gasteiger partial charge in [0.25, 0.3) is 0 Å². The summed E-state index contributed by atoms with van der Waals surface area (Å²) in [6.45, 7) is 10.3. The second-order valence-electron chi connectivity index (χ2n) is 6.65. The van der Waals surface area contributed by atoms with Crippen LogP contribution < -0.4 is 5.32 Å². The maximum Gasteiger partial charge on any atom is 0.246 e. The summed E-state index contributed by atoms with van der Waals surface area (Å²) in [5.41, 5.74) is -1.06. The maximum atomic E-state index is 12.7. The molecule has 0 aromatic heterocycles. The lowest BCUT2D eigenvalue weighted by molar-refractivity contribution is -0.158. The van der Waals surface area contributed by atoms with E-state index < -0.39 is 5.54 Å². The maximum absolute atomic E-state index is 12.7. The minimum absolute atomic E-state index is 0.0349. The van der Waals surface area contributed by atoms with Gasteiger partial charge in [0.2, 0.25) is 11.8 Å². The first-order valence-corrected chi connectivity index (χ1v) is 7.89. The molecule has 0 aromatic rings. The van der Waals surface area contributed by atoms with Crippen molar-refractivity contribution < 1.29 is 14.3 Å². The van der Waals surface area contributed by atoms with Crippen molar-refractivity contribution in [2.45, 2.75) is 77.5 Å². The van der Waals surface area contributed by atoms with E-state index in [-0.39, 0.29) is 23.5 Å². The molecule has 1 rings (SSSR count). The van der Waals surface area contributed by atoms with Gasteiger partial charge >= 0.3 is 0 Å². The van der Waals surface area contributed by atoms with Crippen molar-refractivity contribution in [1.29, 1.82) is 0 Å². The van der Waals surface area contributed by atoms with E-state index in [1.807, 2.05) is 34.6 Å². The van der Waals surface area contributed by atoms with Crippen molar-refractivity contribution in [3.05, 3.63) is 0 Å². The Bertz CT molecular complexity index is 395. The number of nitrogens with zero attached hydrogens (tertiary/aromatic N) is 1. The number of hydrogen-bond acceptors (Lipinski definition) is 3. The Morgan fingerprint density at radius 3 is 2.43 bits per heavy atom. The van der Waals surface area contributed by atoms with Crippen molar-refractivity contribution in [3.63, 3.8) is 0 Å². The topological polar surface area (TPSA) is 58.6 Å². The molecule has 1 heterocycles. The molecule has 2 atom stereocenters. The molecular weight excluding hydrogens is 268 g/mol. The molecule has 5 heteroatoms. The fourth-order valence-corrected chi connectivity index (χ4v) is 2.61. The fourth-order valence-electron chi connectivity index (χ4n) is 2.61. The highest BCUT2D eigenvalue weighted by Gasteiger charge is 2.47. The third-order valence-corrected chi connectivity index (χ3v) is 4.71. The van der Waals surface area contributed by atoms with Crippen LogP contribution in [0.15, 0.2) is 0 Å². The molecule has 1 aliphatic heterocycles. The zero-order chi connectivity index (χ0) is 16.3. The van der Waals surface area contributed by atoms with E-state index >= 15 is 0 Å². The monoisotopic (exact) mass is 298 g/mol. The van der Waals surface area contributed by atoms with Gasteiger partial charge in [-0.3, -0.25) is 9.59 Å². The molecule has 5 nitrogen and oxygen atoms in total. The first kappa shape index (κ1) is 18.0. The molecular formula is C16H30N2O3. The molecule has 1 fully saturated rings. The van der Waals surface area contributed by atoms with Gasteiger partial charge < -0.3 is 15.0 Å². The second kappa shape index (κ2) is 6.77. The number of amides is 2. The van der Waals surface area contributed by atoms with Crippen molar-refractivity contribution in [2.24, 2.45) is 0 Å². The Balaban J connectivity index is 2.96. The van der Waals surface area contributed by atoms with E-state index in [4.69, 9.17) is 4.74 Å². The van der Waals surface area contributed by atoms with Crippen LogP contribution in [0.4, 0.5) is 0 Å².